The van der Waals surface area contributed by atoms with E-state index in [0.717, 1.165) is 12.8 Å². The number of benzene rings is 1. The van der Waals surface area contributed by atoms with Crippen LogP contribution in [0.15, 0.2) is 24.3 Å². The summed E-state index contributed by atoms with van der Waals surface area (Å²) in [5.41, 5.74) is 2.63. The van der Waals surface area contributed by atoms with Crippen LogP contribution >= 0.6 is 0 Å². The molecule has 1 aromatic rings. The van der Waals surface area contributed by atoms with Crippen LogP contribution in [0, 0.1) is 5.92 Å². The van der Waals surface area contributed by atoms with Crippen LogP contribution in [0.4, 0.5) is 0 Å². The molecule has 0 aromatic heterocycles. The van der Waals surface area contributed by atoms with Gasteiger partial charge in [0.2, 0.25) is 5.91 Å². The molecule has 0 aliphatic carbocycles. The van der Waals surface area contributed by atoms with Gasteiger partial charge in [-0.2, -0.15) is 17.0 Å². The predicted octanol–water partition coefficient (Wildman–Crippen LogP) is 2.38. The average molecular weight is 396 g/mol. The summed E-state index contributed by atoms with van der Waals surface area (Å²) in [6, 6.07) is 8.68. The van der Waals surface area contributed by atoms with Crippen LogP contribution in [0.1, 0.15) is 50.2 Å². The first-order valence-electron chi connectivity index (χ1n) is 9.76. The number of carbonyl (C=O) groups is 1. The first-order chi connectivity index (χ1) is 12.7. The molecule has 152 valence electrons. The van der Waals surface area contributed by atoms with Crippen LogP contribution in [-0.2, 0) is 21.4 Å². The third-order valence-electron chi connectivity index (χ3n) is 5.20. The molecule has 0 spiro atoms. The molecule has 1 N–H and O–H groups in total. The van der Waals surface area contributed by atoms with E-state index in [9.17, 15) is 13.2 Å². The molecule has 7 heteroatoms. The second-order valence-corrected chi connectivity index (χ2v) is 9.90. The molecule has 1 aromatic carbocycles. The van der Waals surface area contributed by atoms with Crippen molar-refractivity contribution in [3.05, 3.63) is 35.4 Å². The number of hydrogen-bond donors (Lipinski definition) is 1. The topological polar surface area (TPSA) is 69.7 Å². The molecule has 1 aliphatic rings. The number of aryl methyl sites for hydroxylation is 1. The summed E-state index contributed by atoms with van der Waals surface area (Å²) in [5.74, 6) is 0.494. The van der Waals surface area contributed by atoms with E-state index in [1.807, 2.05) is 0 Å². The van der Waals surface area contributed by atoms with Crippen LogP contribution in [0.2, 0.25) is 0 Å². The summed E-state index contributed by atoms with van der Waals surface area (Å²) in [6.07, 6.45) is 3.00. The lowest BCUT2D eigenvalue weighted by molar-refractivity contribution is -0.126. The maximum Gasteiger partial charge on any atom is 0.281 e. The largest absolute Gasteiger partial charge is 0.356 e. The van der Waals surface area contributed by atoms with Crippen LogP contribution in [0.25, 0.3) is 0 Å². The molecular formula is C20H33N3O3S. The van der Waals surface area contributed by atoms with Gasteiger partial charge in [-0.05, 0) is 42.7 Å². The molecule has 2 rings (SSSR count). The molecule has 1 amide bonds. The quantitative estimate of drug-likeness (QED) is 0.687. The summed E-state index contributed by atoms with van der Waals surface area (Å²) < 4.78 is 26.9. The Balaban J connectivity index is 1.69. The number of rotatable bonds is 8. The first-order valence-corrected chi connectivity index (χ1v) is 11.2. The number of nitrogens with zero attached hydrogens (tertiary/aromatic N) is 2. The van der Waals surface area contributed by atoms with Crippen molar-refractivity contribution >= 4 is 16.1 Å². The van der Waals surface area contributed by atoms with Crippen molar-refractivity contribution in [2.45, 2.75) is 45.4 Å². The Labute approximate surface area is 164 Å². The molecule has 27 heavy (non-hydrogen) atoms. The summed E-state index contributed by atoms with van der Waals surface area (Å²) in [7, 11) is -0.310. The Morgan fingerprint density at radius 1 is 1.19 bits per heavy atom. The van der Waals surface area contributed by atoms with Gasteiger partial charge in [0.05, 0.1) is 0 Å². The van der Waals surface area contributed by atoms with Crippen molar-refractivity contribution < 1.29 is 13.2 Å². The van der Waals surface area contributed by atoms with E-state index in [-0.39, 0.29) is 11.8 Å². The number of nitrogens with one attached hydrogen (secondary N) is 1. The van der Waals surface area contributed by atoms with Crippen molar-refractivity contribution in [1.82, 2.24) is 13.9 Å². The van der Waals surface area contributed by atoms with Crippen molar-refractivity contribution in [3.63, 3.8) is 0 Å². The Morgan fingerprint density at radius 2 is 1.78 bits per heavy atom. The molecule has 0 atom stereocenters. The van der Waals surface area contributed by atoms with Gasteiger partial charge in [-0.15, -0.1) is 0 Å². The monoisotopic (exact) mass is 395 g/mol. The molecule has 0 unspecified atom stereocenters. The van der Waals surface area contributed by atoms with E-state index in [0.29, 0.717) is 38.4 Å². The Kier molecular flexibility index (Phi) is 7.82. The standard InChI is InChI=1S/C20H33N3O3S/c1-16(2)18-9-7-17(8-10-18)6-5-13-21-20(24)19-11-14-23(15-12-19)27(25,26)22(3)4/h7-10,16,19H,5-6,11-15H2,1-4H3,(H,21,24). The van der Waals surface area contributed by atoms with Crippen molar-refractivity contribution in [2.24, 2.45) is 5.92 Å². The van der Waals surface area contributed by atoms with Crippen LogP contribution in [0.5, 0.6) is 0 Å². The van der Waals surface area contributed by atoms with Gasteiger partial charge in [0.25, 0.3) is 10.2 Å². The van der Waals surface area contributed by atoms with E-state index in [2.05, 4.69) is 43.4 Å². The second kappa shape index (κ2) is 9.66. The van der Waals surface area contributed by atoms with Crippen LogP contribution in [-0.4, -0.2) is 56.7 Å². The molecule has 1 saturated heterocycles. The molecule has 1 aliphatic heterocycles. The van der Waals surface area contributed by atoms with Crippen molar-refractivity contribution in [3.8, 4) is 0 Å². The van der Waals surface area contributed by atoms with Gasteiger partial charge in [-0.25, -0.2) is 0 Å². The second-order valence-electron chi connectivity index (χ2n) is 7.75. The highest BCUT2D eigenvalue weighted by molar-refractivity contribution is 7.86. The van der Waals surface area contributed by atoms with Gasteiger partial charge in [0, 0.05) is 39.6 Å². The third-order valence-corrected chi connectivity index (χ3v) is 7.14. The number of carbonyl (C=O) groups excluding carboxylic acids is 1. The molecular weight excluding hydrogens is 362 g/mol. The summed E-state index contributed by atoms with van der Waals surface area (Å²) in [4.78, 5) is 12.3. The molecule has 1 heterocycles. The highest BCUT2D eigenvalue weighted by Crippen LogP contribution is 2.20. The van der Waals surface area contributed by atoms with E-state index in [1.165, 1.54) is 33.8 Å². The smallest absolute Gasteiger partial charge is 0.281 e. The fraction of sp³-hybridized carbons (Fsp3) is 0.650. The number of amides is 1. The highest BCUT2D eigenvalue weighted by Gasteiger charge is 2.31. The third kappa shape index (κ3) is 6.02. The lowest BCUT2D eigenvalue weighted by atomic mass is 9.97. The van der Waals surface area contributed by atoms with E-state index >= 15 is 0 Å². The number of piperidine rings is 1. The highest BCUT2D eigenvalue weighted by atomic mass is 32.2. The Morgan fingerprint density at radius 3 is 2.30 bits per heavy atom. The number of hydrogen-bond acceptors (Lipinski definition) is 3. The van der Waals surface area contributed by atoms with E-state index in [4.69, 9.17) is 0 Å². The van der Waals surface area contributed by atoms with Gasteiger partial charge in [-0.1, -0.05) is 38.1 Å². The zero-order valence-electron chi connectivity index (χ0n) is 16.9. The van der Waals surface area contributed by atoms with Crippen molar-refractivity contribution in [2.75, 3.05) is 33.7 Å². The fourth-order valence-electron chi connectivity index (χ4n) is 3.30. The zero-order chi connectivity index (χ0) is 20.0. The minimum atomic E-state index is -3.37. The predicted molar refractivity (Wildman–Crippen MR) is 109 cm³/mol. The maximum absolute atomic E-state index is 12.3. The van der Waals surface area contributed by atoms with Gasteiger partial charge in [0.1, 0.15) is 0 Å². The Bertz CT molecular complexity index is 706. The maximum atomic E-state index is 12.3. The Hall–Kier alpha value is -1.44. The minimum Gasteiger partial charge on any atom is -0.356 e. The lowest BCUT2D eigenvalue weighted by Crippen LogP contribution is -2.46. The molecule has 6 nitrogen and oxygen atoms in total. The average Bonchev–Trinajstić information content (AvgIpc) is 2.65. The SMILES string of the molecule is CC(C)c1ccc(CCCNC(=O)C2CCN(S(=O)(=O)N(C)C)CC2)cc1. The summed E-state index contributed by atoms with van der Waals surface area (Å²) in [6.45, 7) is 5.83. The molecule has 0 bridgehead atoms. The van der Waals surface area contributed by atoms with Gasteiger partial charge in [-0.3, -0.25) is 4.79 Å². The van der Waals surface area contributed by atoms with Gasteiger partial charge >= 0.3 is 0 Å². The molecule has 1 fully saturated rings. The van der Waals surface area contributed by atoms with E-state index < -0.39 is 10.2 Å². The normalized spacial score (nSPS) is 16.8. The molecule has 0 radical (unpaired) electrons. The van der Waals surface area contributed by atoms with E-state index in [1.54, 1.807) is 0 Å². The first kappa shape index (κ1) is 21.9. The lowest BCUT2D eigenvalue weighted by Gasteiger charge is -2.32. The molecule has 0 saturated carbocycles. The van der Waals surface area contributed by atoms with Gasteiger partial charge in [0.15, 0.2) is 0 Å². The van der Waals surface area contributed by atoms with Crippen LogP contribution in [0.3, 0.4) is 0 Å². The summed E-state index contributed by atoms with van der Waals surface area (Å²) >= 11 is 0. The van der Waals surface area contributed by atoms with Crippen LogP contribution < -0.4 is 5.32 Å². The fourth-order valence-corrected chi connectivity index (χ4v) is 4.43. The zero-order valence-corrected chi connectivity index (χ0v) is 17.8. The van der Waals surface area contributed by atoms with Gasteiger partial charge < -0.3 is 5.32 Å². The van der Waals surface area contributed by atoms with Crippen molar-refractivity contribution in [1.29, 1.82) is 0 Å². The summed E-state index contributed by atoms with van der Waals surface area (Å²) in [5, 5.41) is 3.01. The minimum absolute atomic E-state index is 0.0482.